The fourth-order valence-corrected chi connectivity index (χ4v) is 2.61. The van der Waals surface area contributed by atoms with Crippen LogP contribution < -0.4 is 10.6 Å². The third kappa shape index (κ3) is 2.56. The number of aromatic nitrogens is 2. The van der Waals surface area contributed by atoms with Gasteiger partial charge in [-0.15, -0.1) is 0 Å². The first-order chi connectivity index (χ1) is 8.11. The molecule has 1 atom stereocenters. The number of hydrogen-bond donors (Lipinski definition) is 2. The number of rotatable bonds is 3. The van der Waals surface area contributed by atoms with Crippen LogP contribution in [0.1, 0.15) is 32.9 Å². The molecule has 1 aliphatic heterocycles. The third-order valence-electron chi connectivity index (χ3n) is 3.39. The summed E-state index contributed by atoms with van der Waals surface area (Å²) in [6.45, 7) is 8.83. The molecule has 0 radical (unpaired) electrons. The van der Waals surface area contributed by atoms with Crippen molar-refractivity contribution in [2.24, 2.45) is 18.9 Å². The van der Waals surface area contributed by atoms with Crippen LogP contribution in [0.4, 0.5) is 11.5 Å². The first kappa shape index (κ1) is 12.3. The molecular formula is C13H24N4. The van der Waals surface area contributed by atoms with Crippen LogP contribution in [0.5, 0.6) is 0 Å². The highest BCUT2D eigenvalue weighted by Gasteiger charge is 2.21. The van der Waals surface area contributed by atoms with Gasteiger partial charge in [-0.25, -0.2) is 0 Å². The molecule has 1 aliphatic rings. The second-order valence-electron chi connectivity index (χ2n) is 5.40. The summed E-state index contributed by atoms with van der Waals surface area (Å²) in [5.41, 5.74) is 2.38. The van der Waals surface area contributed by atoms with E-state index in [0.717, 1.165) is 31.2 Å². The van der Waals surface area contributed by atoms with Crippen molar-refractivity contribution in [2.75, 3.05) is 23.7 Å². The van der Waals surface area contributed by atoms with Gasteiger partial charge in [-0.2, -0.15) is 5.10 Å². The lowest BCUT2D eigenvalue weighted by molar-refractivity contribution is 0.443. The molecule has 0 amide bonds. The van der Waals surface area contributed by atoms with Crippen molar-refractivity contribution in [3.63, 3.8) is 0 Å². The second kappa shape index (κ2) is 4.98. The molecule has 0 aromatic carbocycles. The van der Waals surface area contributed by atoms with Crippen molar-refractivity contribution >= 4 is 11.5 Å². The van der Waals surface area contributed by atoms with Crippen LogP contribution in [0.3, 0.4) is 0 Å². The normalized spacial score (nSPS) is 19.5. The number of aryl methyl sites for hydroxylation is 2. The number of fused-ring (bicyclic) bond motifs is 1. The maximum absolute atomic E-state index is 4.53. The lowest BCUT2D eigenvalue weighted by Gasteiger charge is -2.17. The molecule has 2 rings (SSSR count). The van der Waals surface area contributed by atoms with Crippen LogP contribution in [-0.4, -0.2) is 22.9 Å². The number of anilines is 2. The van der Waals surface area contributed by atoms with Crippen molar-refractivity contribution < 1.29 is 0 Å². The topological polar surface area (TPSA) is 41.9 Å². The van der Waals surface area contributed by atoms with Crippen molar-refractivity contribution in [2.45, 2.75) is 33.6 Å². The molecule has 0 aliphatic carbocycles. The van der Waals surface area contributed by atoms with Gasteiger partial charge in [0.1, 0.15) is 11.5 Å². The quantitative estimate of drug-likeness (QED) is 0.847. The maximum Gasteiger partial charge on any atom is 0.148 e. The highest BCUT2D eigenvalue weighted by molar-refractivity contribution is 5.69. The summed E-state index contributed by atoms with van der Waals surface area (Å²) in [6.07, 6.45) is 2.25. The average Bonchev–Trinajstić information content (AvgIpc) is 2.45. The molecule has 4 heteroatoms. The summed E-state index contributed by atoms with van der Waals surface area (Å²) >= 11 is 0. The molecule has 4 nitrogen and oxygen atoms in total. The first-order valence-corrected chi connectivity index (χ1v) is 6.65. The van der Waals surface area contributed by atoms with Gasteiger partial charge in [-0.05, 0) is 24.7 Å². The Hall–Kier alpha value is -1.19. The predicted octanol–water partition coefficient (Wildman–Crippen LogP) is 2.48. The Morgan fingerprint density at radius 2 is 2.06 bits per heavy atom. The molecule has 1 unspecified atom stereocenters. The van der Waals surface area contributed by atoms with Crippen LogP contribution in [0, 0.1) is 11.8 Å². The van der Waals surface area contributed by atoms with Crippen molar-refractivity contribution in [1.29, 1.82) is 0 Å². The molecule has 2 heterocycles. The fourth-order valence-electron chi connectivity index (χ4n) is 2.61. The van der Waals surface area contributed by atoms with Crippen LogP contribution in [-0.2, 0) is 13.5 Å². The van der Waals surface area contributed by atoms with Crippen LogP contribution in [0.2, 0.25) is 0 Å². The minimum Gasteiger partial charge on any atom is -0.380 e. The van der Waals surface area contributed by atoms with E-state index in [1.807, 2.05) is 11.7 Å². The lowest BCUT2D eigenvalue weighted by atomic mass is 9.97. The van der Waals surface area contributed by atoms with Gasteiger partial charge in [-0.1, -0.05) is 20.8 Å². The second-order valence-corrected chi connectivity index (χ2v) is 5.40. The maximum atomic E-state index is 4.53. The van der Waals surface area contributed by atoms with E-state index in [1.54, 1.807) is 0 Å². The standard InChI is InChI=1S/C13H24N4/c1-5-11-12-13(17(4)16-11)15-8-10(7-14-12)6-9(2)3/h9-10,14-15H,5-8H2,1-4H3. The van der Waals surface area contributed by atoms with Gasteiger partial charge in [0, 0.05) is 20.1 Å². The van der Waals surface area contributed by atoms with E-state index < -0.39 is 0 Å². The molecule has 0 bridgehead atoms. The van der Waals surface area contributed by atoms with E-state index in [2.05, 4.69) is 36.5 Å². The molecule has 0 saturated heterocycles. The van der Waals surface area contributed by atoms with E-state index in [9.17, 15) is 0 Å². The molecule has 0 fully saturated rings. The highest BCUT2D eigenvalue weighted by atomic mass is 15.3. The molecule has 1 aromatic rings. The van der Waals surface area contributed by atoms with E-state index in [1.165, 1.54) is 17.8 Å². The SMILES string of the molecule is CCc1nn(C)c2c1NCC(CC(C)C)CN2. The summed E-state index contributed by atoms with van der Waals surface area (Å²) in [6, 6.07) is 0. The largest absolute Gasteiger partial charge is 0.380 e. The van der Waals surface area contributed by atoms with Crippen LogP contribution in [0.15, 0.2) is 0 Å². The smallest absolute Gasteiger partial charge is 0.148 e. The molecule has 0 saturated carbocycles. The molecule has 96 valence electrons. The van der Waals surface area contributed by atoms with Gasteiger partial charge in [0.15, 0.2) is 0 Å². The van der Waals surface area contributed by atoms with Crippen LogP contribution in [0.25, 0.3) is 0 Å². The minimum atomic E-state index is 0.701. The Morgan fingerprint density at radius 1 is 1.35 bits per heavy atom. The van der Waals surface area contributed by atoms with Crippen LogP contribution >= 0.6 is 0 Å². The number of hydrogen-bond acceptors (Lipinski definition) is 3. The Bertz CT molecular complexity index is 381. The Kier molecular flexibility index (Phi) is 3.60. The van der Waals surface area contributed by atoms with E-state index in [0.29, 0.717) is 5.92 Å². The van der Waals surface area contributed by atoms with Gasteiger partial charge >= 0.3 is 0 Å². The molecule has 1 aromatic heterocycles. The Morgan fingerprint density at radius 3 is 2.71 bits per heavy atom. The van der Waals surface area contributed by atoms with Crippen molar-refractivity contribution in [1.82, 2.24) is 9.78 Å². The lowest BCUT2D eigenvalue weighted by Crippen LogP contribution is -2.21. The van der Waals surface area contributed by atoms with Gasteiger partial charge in [0.2, 0.25) is 0 Å². The number of nitrogens with zero attached hydrogens (tertiary/aromatic N) is 2. The summed E-state index contributed by atoms with van der Waals surface area (Å²) in [5.74, 6) is 2.61. The zero-order valence-electron chi connectivity index (χ0n) is 11.4. The highest BCUT2D eigenvalue weighted by Crippen LogP contribution is 2.29. The summed E-state index contributed by atoms with van der Waals surface area (Å²) in [7, 11) is 2.01. The zero-order chi connectivity index (χ0) is 12.4. The number of nitrogens with one attached hydrogen (secondary N) is 2. The predicted molar refractivity (Wildman–Crippen MR) is 72.5 cm³/mol. The summed E-state index contributed by atoms with van der Waals surface area (Å²) in [4.78, 5) is 0. The van der Waals surface area contributed by atoms with Crippen molar-refractivity contribution in [3.8, 4) is 0 Å². The molecule has 0 spiro atoms. The summed E-state index contributed by atoms with van der Waals surface area (Å²) in [5, 5.41) is 11.6. The van der Waals surface area contributed by atoms with Gasteiger partial charge in [0.25, 0.3) is 0 Å². The third-order valence-corrected chi connectivity index (χ3v) is 3.39. The van der Waals surface area contributed by atoms with E-state index in [4.69, 9.17) is 0 Å². The molecule has 2 N–H and O–H groups in total. The Labute approximate surface area is 104 Å². The van der Waals surface area contributed by atoms with Gasteiger partial charge in [0.05, 0.1) is 5.69 Å². The van der Waals surface area contributed by atoms with Gasteiger partial charge < -0.3 is 10.6 Å². The molecular weight excluding hydrogens is 212 g/mol. The average molecular weight is 236 g/mol. The van der Waals surface area contributed by atoms with Crippen molar-refractivity contribution in [3.05, 3.63) is 5.69 Å². The first-order valence-electron chi connectivity index (χ1n) is 6.65. The summed E-state index contributed by atoms with van der Waals surface area (Å²) < 4.78 is 1.96. The van der Waals surface area contributed by atoms with E-state index in [-0.39, 0.29) is 0 Å². The van der Waals surface area contributed by atoms with E-state index >= 15 is 0 Å². The monoisotopic (exact) mass is 236 g/mol. The minimum absolute atomic E-state index is 0.701. The van der Waals surface area contributed by atoms with Gasteiger partial charge in [-0.3, -0.25) is 4.68 Å². The zero-order valence-corrected chi connectivity index (χ0v) is 11.4. The fraction of sp³-hybridized carbons (Fsp3) is 0.769. The Balaban J connectivity index is 2.13. The molecule has 17 heavy (non-hydrogen) atoms.